The number of likely N-dealkylation sites (tertiary alicyclic amines) is 1. The van der Waals surface area contributed by atoms with Crippen LogP contribution in [-0.2, 0) is 21.4 Å². The Morgan fingerprint density at radius 1 is 1.14 bits per heavy atom. The van der Waals surface area contributed by atoms with Crippen LogP contribution in [-0.4, -0.2) is 54.3 Å². The average Bonchev–Trinajstić information content (AvgIpc) is 3.35. The van der Waals surface area contributed by atoms with Crippen molar-refractivity contribution in [1.82, 2.24) is 15.5 Å². The van der Waals surface area contributed by atoms with Gasteiger partial charge in [0.25, 0.3) is 0 Å². The van der Waals surface area contributed by atoms with Gasteiger partial charge in [-0.2, -0.15) is 0 Å². The first-order valence-corrected chi connectivity index (χ1v) is 12.4. The van der Waals surface area contributed by atoms with Crippen molar-refractivity contribution in [3.05, 3.63) is 64.1 Å². The van der Waals surface area contributed by atoms with E-state index in [4.69, 9.17) is 0 Å². The van der Waals surface area contributed by atoms with E-state index in [2.05, 4.69) is 31.3 Å². The molecule has 5 rings (SSSR count). The van der Waals surface area contributed by atoms with Crippen LogP contribution >= 0.6 is 15.9 Å². The third-order valence-electron chi connectivity index (χ3n) is 7.12. The van der Waals surface area contributed by atoms with Gasteiger partial charge < -0.3 is 20.3 Å². The number of hydrogen-bond acceptors (Lipinski definition) is 4. The third kappa shape index (κ3) is 5.18. The van der Waals surface area contributed by atoms with Gasteiger partial charge in [-0.1, -0.05) is 40.2 Å². The lowest BCUT2D eigenvalue weighted by Crippen LogP contribution is -2.56. The number of nitrogens with one attached hydrogen (secondary N) is 2. The number of alkyl halides is 3. The molecule has 6 nitrogen and oxygen atoms in total. The molecular formula is C25H25BrF3N3O3. The number of halogens is 4. The Morgan fingerprint density at radius 3 is 2.37 bits per heavy atom. The maximum absolute atomic E-state index is 13.6. The Hall–Kier alpha value is -2.59. The van der Waals surface area contributed by atoms with Gasteiger partial charge in [0.05, 0.1) is 5.41 Å². The lowest BCUT2D eigenvalue weighted by Gasteiger charge is -2.32. The number of hydrogen-bond donors (Lipinski definition) is 2. The van der Waals surface area contributed by atoms with Gasteiger partial charge >= 0.3 is 6.36 Å². The summed E-state index contributed by atoms with van der Waals surface area (Å²) in [6, 6.07) is 12.7. The Labute approximate surface area is 209 Å². The van der Waals surface area contributed by atoms with Crippen LogP contribution in [0.25, 0.3) is 0 Å². The molecule has 2 N–H and O–H groups in total. The normalized spacial score (nSPS) is 23.1. The number of carbonyl (C=O) groups excluding carboxylic acids is 2. The van der Waals surface area contributed by atoms with E-state index >= 15 is 0 Å². The van der Waals surface area contributed by atoms with Crippen LogP contribution in [0.1, 0.15) is 30.4 Å². The summed E-state index contributed by atoms with van der Waals surface area (Å²) in [7, 11) is 0. The number of carbonyl (C=O) groups is 2. The summed E-state index contributed by atoms with van der Waals surface area (Å²) in [4.78, 5) is 28.9. The first-order chi connectivity index (χ1) is 16.6. The first kappa shape index (κ1) is 24.1. The maximum Gasteiger partial charge on any atom is 0.573 e. The number of piperazine rings is 1. The van der Waals surface area contributed by atoms with Crippen molar-refractivity contribution in [1.29, 1.82) is 0 Å². The minimum absolute atomic E-state index is 0.0972. The largest absolute Gasteiger partial charge is 0.573 e. The fraction of sp³-hybridized carbons (Fsp3) is 0.440. The highest BCUT2D eigenvalue weighted by atomic mass is 79.9. The number of benzene rings is 2. The minimum atomic E-state index is -4.78. The summed E-state index contributed by atoms with van der Waals surface area (Å²) < 4.78 is 42.3. The number of fused-ring (bicyclic) bond motifs is 2. The molecule has 10 heteroatoms. The van der Waals surface area contributed by atoms with Crippen LogP contribution in [0.15, 0.2) is 53.0 Å². The van der Waals surface area contributed by atoms with Crippen molar-refractivity contribution >= 4 is 27.7 Å². The molecule has 2 unspecified atom stereocenters. The molecular weight excluding hydrogens is 527 g/mol. The monoisotopic (exact) mass is 551 g/mol. The zero-order valence-corrected chi connectivity index (χ0v) is 20.4. The van der Waals surface area contributed by atoms with E-state index in [9.17, 15) is 22.8 Å². The molecule has 2 amide bonds. The number of nitrogens with zero attached hydrogens (tertiary/aromatic N) is 1. The second-order valence-corrected chi connectivity index (χ2v) is 10.4. The minimum Gasteiger partial charge on any atom is -0.406 e. The van der Waals surface area contributed by atoms with E-state index in [1.54, 1.807) is 0 Å². The van der Waals surface area contributed by atoms with Gasteiger partial charge in [0.1, 0.15) is 11.8 Å². The molecule has 0 radical (unpaired) electrons. The fourth-order valence-corrected chi connectivity index (χ4v) is 5.40. The predicted molar refractivity (Wildman–Crippen MR) is 126 cm³/mol. The van der Waals surface area contributed by atoms with E-state index in [1.165, 1.54) is 24.3 Å². The highest BCUT2D eigenvalue weighted by Gasteiger charge is 2.52. The number of amides is 2. The van der Waals surface area contributed by atoms with Crippen LogP contribution in [0.3, 0.4) is 0 Å². The van der Waals surface area contributed by atoms with Crippen LogP contribution in [0.2, 0.25) is 0 Å². The molecule has 3 aliphatic rings. The molecule has 0 spiro atoms. The van der Waals surface area contributed by atoms with Crippen molar-refractivity contribution in [2.75, 3.05) is 13.1 Å². The highest BCUT2D eigenvalue weighted by Crippen LogP contribution is 2.49. The molecule has 186 valence electrons. The summed E-state index contributed by atoms with van der Waals surface area (Å²) in [5.74, 6) is -0.710. The zero-order valence-electron chi connectivity index (χ0n) is 18.8. The topological polar surface area (TPSA) is 70.7 Å². The Balaban J connectivity index is 1.33. The molecule has 3 fully saturated rings. The van der Waals surface area contributed by atoms with Gasteiger partial charge in [0.2, 0.25) is 11.8 Å². The average molecular weight is 552 g/mol. The smallest absolute Gasteiger partial charge is 0.406 e. The van der Waals surface area contributed by atoms with Crippen LogP contribution in [0, 0.1) is 0 Å². The summed E-state index contributed by atoms with van der Waals surface area (Å²) in [5.41, 5.74) is 0.692. The Kier molecular flexibility index (Phi) is 6.29. The van der Waals surface area contributed by atoms with E-state index in [0.29, 0.717) is 37.4 Å². The molecule has 3 atom stereocenters. The second kappa shape index (κ2) is 9.13. The van der Waals surface area contributed by atoms with E-state index in [-0.39, 0.29) is 23.6 Å². The van der Waals surface area contributed by atoms with Crippen LogP contribution in [0.4, 0.5) is 13.2 Å². The van der Waals surface area contributed by atoms with Crippen LogP contribution < -0.4 is 15.4 Å². The van der Waals surface area contributed by atoms with Gasteiger partial charge in [0.15, 0.2) is 0 Å². The lowest BCUT2D eigenvalue weighted by molar-refractivity contribution is -0.274. The van der Waals surface area contributed by atoms with Gasteiger partial charge in [0, 0.05) is 36.1 Å². The quantitative estimate of drug-likeness (QED) is 0.550. The SMILES string of the molecule is O=C([C@H](Cc1ccc(Br)cc1)NC(=O)C1(c2ccc(OC(F)(F)F)cc2)CC1)N1CC2CC1CN2. The van der Waals surface area contributed by atoms with Crippen LogP contribution in [0.5, 0.6) is 5.75 Å². The molecule has 2 aromatic carbocycles. The van der Waals surface area contributed by atoms with Gasteiger partial charge in [-0.15, -0.1) is 13.2 Å². The summed E-state index contributed by atoms with van der Waals surface area (Å²) in [5, 5.41) is 6.38. The van der Waals surface area contributed by atoms with Crippen molar-refractivity contribution in [3.63, 3.8) is 0 Å². The van der Waals surface area contributed by atoms with Crippen molar-refractivity contribution in [2.45, 2.75) is 55.6 Å². The molecule has 2 aliphatic heterocycles. The van der Waals surface area contributed by atoms with E-state index < -0.39 is 17.8 Å². The molecule has 2 saturated heterocycles. The molecule has 35 heavy (non-hydrogen) atoms. The molecule has 1 aliphatic carbocycles. The van der Waals surface area contributed by atoms with Gasteiger partial charge in [-0.25, -0.2) is 0 Å². The molecule has 1 saturated carbocycles. The Morgan fingerprint density at radius 2 is 1.83 bits per heavy atom. The fourth-order valence-electron chi connectivity index (χ4n) is 5.13. The summed E-state index contributed by atoms with van der Waals surface area (Å²) in [6.07, 6.45) is -2.37. The zero-order chi connectivity index (χ0) is 24.8. The molecule has 2 bridgehead atoms. The van der Waals surface area contributed by atoms with Gasteiger partial charge in [-0.05, 0) is 54.7 Å². The van der Waals surface area contributed by atoms with E-state index in [1.807, 2.05) is 29.2 Å². The summed E-state index contributed by atoms with van der Waals surface area (Å²) >= 11 is 3.41. The Bertz CT molecular complexity index is 1100. The third-order valence-corrected chi connectivity index (χ3v) is 7.65. The standard InChI is InChI=1S/C25H25BrF3N3O3/c26-17-5-1-15(2-6-17)11-21(22(33)32-14-18-12-19(32)13-30-18)31-23(34)24(9-10-24)16-3-7-20(8-4-16)35-25(27,28)29/h1-8,18-19,21,30H,9-14H2,(H,31,34)/t18?,19?,21-/m0/s1. The predicted octanol–water partition coefficient (Wildman–Crippen LogP) is 3.68. The second-order valence-electron chi connectivity index (χ2n) is 9.50. The first-order valence-electron chi connectivity index (χ1n) is 11.6. The maximum atomic E-state index is 13.6. The van der Waals surface area contributed by atoms with Gasteiger partial charge in [-0.3, -0.25) is 9.59 Å². The highest BCUT2D eigenvalue weighted by molar-refractivity contribution is 9.10. The van der Waals surface area contributed by atoms with Crippen molar-refractivity contribution in [2.24, 2.45) is 0 Å². The number of rotatable bonds is 7. The van der Waals surface area contributed by atoms with Crippen molar-refractivity contribution < 1.29 is 27.5 Å². The number of ether oxygens (including phenoxy) is 1. The molecule has 2 heterocycles. The van der Waals surface area contributed by atoms with Crippen molar-refractivity contribution in [3.8, 4) is 5.75 Å². The molecule has 2 aromatic rings. The lowest BCUT2D eigenvalue weighted by atomic mass is 9.93. The molecule has 0 aromatic heterocycles. The summed E-state index contributed by atoms with van der Waals surface area (Å²) in [6.45, 7) is 1.38. The van der Waals surface area contributed by atoms with E-state index in [0.717, 1.165) is 23.0 Å².